The fourth-order valence-corrected chi connectivity index (χ4v) is 17.5. The topological polar surface area (TPSA) is 422 Å². The summed E-state index contributed by atoms with van der Waals surface area (Å²) in [6.45, 7) is 24.2. The van der Waals surface area contributed by atoms with E-state index < -0.39 is 120 Å². The first-order valence-electron chi connectivity index (χ1n) is 45.9. The number of carboxylic acid groups (broad SMARTS) is 2. The number of rotatable bonds is 28. The Balaban J connectivity index is 0.000000173. The molecule has 0 unspecified atom stereocenters. The average molecular weight is 1830 g/mol. The number of aldehydes is 1. The number of benzene rings is 5. The van der Waals surface area contributed by atoms with Crippen LogP contribution in [0.2, 0.25) is 0 Å². The Morgan fingerprint density at radius 1 is 0.429 bits per heavy atom. The van der Waals surface area contributed by atoms with Crippen LogP contribution < -0.4 is 31.9 Å². The molecule has 11 atom stereocenters. The van der Waals surface area contributed by atoms with E-state index in [0.717, 1.165) is 51.3 Å². The van der Waals surface area contributed by atoms with Gasteiger partial charge in [0.15, 0.2) is 12.1 Å². The van der Waals surface area contributed by atoms with Gasteiger partial charge in [-0.05, 0) is 177 Å². The van der Waals surface area contributed by atoms with Gasteiger partial charge in [-0.15, -0.1) is 0 Å². The number of allylic oxidation sites excluding steroid dienone is 4. The molecule has 0 saturated carbocycles. The third-order valence-corrected chi connectivity index (χ3v) is 24.3. The largest absolute Gasteiger partial charge is 0.481 e. The fraction of sp³-hybridized carbons (Fsp3) is 0.465. The number of aryl methyl sites for hydroxylation is 4. The van der Waals surface area contributed by atoms with Crippen molar-refractivity contribution >= 4 is 89.2 Å². The van der Waals surface area contributed by atoms with Gasteiger partial charge in [0.25, 0.3) is 23.6 Å². The van der Waals surface area contributed by atoms with Crippen molar-refractivity contribution in [2.24, 2.45) is 0 Å². The van der Waals surface area contributed by atoms with E-state index in [-0.39, 0.29) is 73.6 Å². The second-order valence-electron chi connectivity index (χ2n) is 35.4. The Morgan fingerprint density at radius 3 is 1.06 bits per heavy atom. The minimum absolute atomic E-state index is 0.0254. The van der Waals surface area contributed by atoms with Crippen molar-refractivity contribution < 1.29 is 96.3 Å². The summed E-state index contributed by atoms with van der Waals surface area (Å²) in [5.74, 6) is -6.42. The minimum atomic E-state index is -1.22. The summed E-state index contributed by atoms with van der Waals surface area (Å²) in [5, 5.41) is 47.6. The molecule has 9 aliphatic heterocycles. The van der Waals surface area contributed by atoms with Crippen LogP contribution >= 0.6 is 0 Å². The van der Waals surface area contributed by atoms with E-state index >= 15 is 0 Å². The molecule has 8 N–H and O–H groups in total. The van der Waals surface area contributed by atoms with Crippen molar-refractivity contribution in [2.45, 2.75) is 267 Å². The van der Waals surface area contributed by atoms with E-state index in [0.29, 0.717) is 167 Å². The van der Waals surface area contributed by atoms with E-state index in [4.69, 9.17) is 19.3 Å². The van der Waals surface area contributed by atoms with Gasteiger partial charge in [-0.25, -0.2) is 29.6 Å². The molecule has 710 valence electrons. The van der Waals surface area contributed by atoms with Crippen molar-refractivity contribution in [3.05, 3.63) is 229 Å². The monoisotopic (exact) mass is 1830 g/mol. The molecule has 9 heterocycles. The Hall–Kier alpha value is -13.5. The zero-order chi connectivity index (χ0) is 95.4. The van der Waals surface area contributed by atoms with Crippen molar-refractivity contribution in [3.8, 4) is 0 Å². The van der Waals surface area contributed by atoms with Gasteiger partial charge in [0, 0.05) is 74.7 Å². The van der Waals surface area contributed by atoms with Crippen LogP contribution in [0.4, 0.5) is 0 Å². The molecule has 0 spiro atoms. The summed E-state index contributed by atoms with van der Waals surface area (Å²) >= 11 is 0. The van der Waals surface area contributed by atoms with Gasteiger partial charge in [0.1, 0.15) is 54.2 Å². The van der Waals surface area contributed by atoms with Gasteiger partial charge >= 0.3 is 23.9 Å². The van der Waals surface area contributed by atoms with E-state index in [1.54, 1.807) is 20.0 Å². The number of esters is 2. The van der Waals surface area contributed by atoms with Crippen LogP contribution in [-0.2, 0) is 118 Å². The van der Waals surface area contributed by atoms with Gasteiger partial charge in [0.2, 0.25) is 41.7 Å². The second kappa shape index (κ2) is 48.0. The fourth-order valence-electron chi connectivity index (χ4n) is 17.5. The number of ether oxygens (including phenoxy) is 3. The standard InChI is InChI=1S/C31H36N4O6.C24H30N4O6.C24H33N3O4.C20H25N3O4/c1-21-14-16-24(32-27(36)17-15-22-9-4-2-5-10-22)30(39)35-26(13-8-18-34(21)35)29(38)33-25-19-28(37)41-31(25)40-20-23-11-6-3-7-12-23;1-16-9-11-19(26-21(30)12-10-17-6-3-2-4-7-17)24(34)28-20(8-5-13-27(16)28)23(33)25-18(15-29)14-22(31)32;1-17-12-14-19(25-21(28)15-13-18-9-6-5-7-10-18)22(29)27-20(11-8-16-26(17)27)23(30)31-24(2,3)4;1-14-9-11-16(21-18(24)12-10-15-6-3-2-4-7-15)19(25)23-17(20(26)27)8-5-13-22(14)23/h2-7,9-12,24-26,31H,1,8,13-20H2,(H,32,36)(H,33,38);2-4,6-7,15,18-20H,1,5,8-14H2,(H,25,33)(H,26,30)(H,31,32);5-7,9-10,19-20H,1,8,11-16H2,2-4H3,(H,25,28);2-4,6-7,16-17H,1,5,8-13H2,(H,21,24)(H,26,27)/t24-,25-,26-,31+;18-,19-,20-;19-,20-;16-,17-/m0000/s1. The number of carboxylic acids is 2. The molecular weight excluding hydrogens is 1710 g/mol. The highest BCUT2D eigenvalue weighted by molar-refractivity contribution is 5.96. The van der Waals surface area contributed by atoms with E-state index in [1.807, 2.05) is 172 Å². The van der Waals surface area contributed by atoms with Gasteiger partial charge < -0.3 is 61.1 Å². The molecule has 14 rings (SSSR count). The first kappa shape index (κ1) is 100. The maximum absolute atomic E-state index is 13.8. The smallest absolute Gasteiger partial charge is 0.331 e. The van der Waals surface area contributed by atoms with Gasteiger partial charge in [-0.3, -0.25) is 77.6 Å². The molecule has 34 nitrogen and oxygen atoms in total. The van der Waals surface area contributed by atoms with Crippen LogP contribution in [-0.4, -0.2) is 238 Å². The summed E-state index contributed by atoms with van der Waals surface area (Å²) in [5.41, 5.74) is 7.34. The van der Waals surface area contributed by atoms with Crippen molar-refractivity contribution in [1.82, 2.24) is 72.0 Å². The average Bonchev–Trinajstić information content (AvgIpc) is 1.72. The number of aliphatic carboxylic acids is 2. The molecule has 34 heteroatoms. The number of amides is 10. The lowest BCUT2D eigenvalue weighted by Gasteiger charge is -2.45. The molecular formula is C99H124N14O20. The van der Waals surface area contributed by atoms with Gasteiger partial charge in [-0.1, -0.05) is 178 Å². The van der Waals surface area contributed by atoms with E-state index in [2.05, 4.69) is 58.2 Å². The summed E-state index contributed by atoms with van der Waals surface area (Å²) in [6.07, 6.45) is 10.4. The molecule has 0 aliphatic carbocycles. The highest BCUT2D eigenvalue weighted by Crippen LogP contribution is 2.35. The van der Waals surface area contributed by atoms with Crippen LogP contribution in [0.5, 0.6) is 0 Å². The molecule has 9 saturated heterocycles. The molecule has 0 aromatic heterocycles. The van der Waals surface area contributed by atoms with Crippen LogP contribution in [0, 0.1) is 0 Å². The number of carbonyl (C=O) groups is 15. The zero-order valence-electron chi connectivity index (χ0n) is 75.9. The lowest BCUT2D eigenvalue weighted by Crippen LogP contribution is -2.63. The number of hydrogen-bond acceptors (Lipinski definition) is 22. The van der Waals surface area contributed by atoms with Crippen molar-refractivity contribution in [1.29, 1.82) is 0 Å². The summed E-state index contributed by atoms with van der Waals surface area (Å²) in [6, 6.07) is 39.9. The second-order valence-corrected chi connectivity index (χ2v) is 35.4. The van der Waals surface area contributed by atoms with Crippen LogP contribution in [0.3, 0.4) is 0 Å². The number of nitrogens with zero attached hydrogens (tertiary/aromatic N) is 8. The molecule has 133 heavy (non-hydrogen) atoms. The third-order valence-electron chi connectivity index (χ3n) is 24.3. The Bertz CT molecular complexity index is 5000. The maximum Gasteiger partial charge on any atom is 0.331 e. The summed E-state index contributed by atoms with van der Waals surface area (Å²) in [7, 11) is 0. The SMILES string of the molecule is C=C1CC[C@H](NC(=O)CCc2ccccc2)C(=O)N2[C@H](C(=O)N[C@H](C=O)CC(=O)O)CCCN12.C=C1CC[C@H](NC(=O)CCc2ccccc2)C(=O)N2[C@H](C(=O)N[C@H]3CC(=O)O[C@H]3OCc3ccccc3)CCCN12.C=C1CC[C@H](NC(=O)CCc2ccccc2)C(=O)N2[C@H](C(=O)O)CCCN12.C=C1CC[C@H](NC(=O)CCc2ccccc2)C(=O)N2[C@H](C(=O)OC(C)(C)C)CCCN12. The highest BCUT2D eigenvalue weighted by Gasteiger charge is 2.50. The number of cyclic esters (lactones) is 1. The number of hydrazine groups is 4. The Kier molecular flexibility index (Phi) is 36.1. The normalized spacial score (nSPS) is 22.7. The van der Waals surface area contributed by atoms with Crippen molar-refractivity contribution in [3.63, 3.8) is 0 Å². The molecule has 0 bridgehead atoms. The molecule has 5 aromatic rings. The Labute approximate surface area is 775 Å². The van der Waals surface area contributed by atoms with Gasteiger partial charge in [0.05, 0.1) is 25.5 Å². The maximum atomic E-state index is 13.8. The summed E-state index contributed by atoms with van der Waals surface area (Å²) in [4.78, 5) is 189. The number of carbonyl (C=O) groups excluding carboxylic acids is 13. The predicted molar refractivity (Wildman–Crippen MR) is 488 cm³/mol. The van der Waals surface area contributed by atoms with Crippen LogP contribution in [0.25, 0.3) is 0 Å². The quantitative estimate of drug-likeness (QED) is 0.0173. The predicted octanol–water partition coefficient (Wildman–Crippen LogP) is 8.04. The molecule has 5 aromatic carbocycles. The lowest BCUT2D eigenvalue weighted by molar-refractivity contribution is -0.181. The number of hydrogen-bond donors (Lipinski definition) is 8. The highest BCUT2D eigenvalue weighted by atomic mass is 16.7. The van der Waals surface area contributed by atoms with E-state index in [1.165, 1.54) is 20.0 Å². The lowest BCUT2D eigenvalue weighted by atomic mass is 10.0. The third kappa shape index (κ3) is 28.3. The number of fused-ring (bicyclic) bond motifs is 4. The minimum Gasteiger partial charge on any atom is -0.481 e. The number of nitrogens with one attached hydrogen (secondary N) is 6. The van der Waals surface area contributed by atoms with Crippen molar-refractivity contribution in [2.75, 3.05) is 26.2 Å². The first-order chi connectivity index (χ1) is 63.8. The molecule has 9 fully saturated rings. The summed E-state index contributed by atoms with van der Waals surface area (Å²) < 4.78 is 16.7. The molecule has 0 radical (unpaired) electrons. The van der Waals surface area contributed by atoms with E-state index in [9.17, 15) is 77.0 Å². The molecule has 10 amide bonds. The van der Waals surface area contributed by atoms with Crippen LogP contribution in [0.15, 0.2) is 201 Å². The van der Waals surface area contributed by atoms with Crippen LogP contribution in [0.1, 0.15) is 190 Å². The first-order valence-corrected chi connectivity index (χ1v) is 45.9. The Morgan fingerprint density at radius 2 is 0.737 bits per heavy atom. The zero-order valence-corrected chi connectivity index (χ0v) is 75.9. The van der Waals surface area contributed by atoms with Gasteiger partial charge in [-0.2, -0.15) is 0 Å². The molecule has 9 aliphatic rings.